The third-order valence-electron chi connectivity index (χ3n) is 5.61. The van der Waals surface area contributed by atoms with Crippen LogP contribution in [0.25, 0.3) is 11.4 Å². The van der Waals surface area contributed by atoms with E-state index in [0.717, 1.165) is 37.0 Å². The first-order valence-electron chi connectivity index (χ1n) is 10.9. The van der Waals surface area contributed by atoms with Crippen LogP contribution in [0.4, 0.5) is 5.69 Å². The number of aromatic amines is 1. The SMILES string of the molecule is COc1ccc(-c2n[nH]c(=S)n2CCC(=O)Nc2cnn(CC(=O)NC3CCCC3)c2)cc1. The van der Waals surface area contributed by atoms with Crippen molar-refractivity contribution >= 4 is 29.7 Å². The summed E-state index contributed by atoms with van der Waals surface area (Å²) in [5.74, 6) is 1.14. The fraction of sp³-hybridized carbons (Fsp3) is 0.409. The molecule has 1 saturated carbocycles. The van der Waals surface area contributed by atoms with E-state index in [2.05, 4.69) is 25.9 Å². The Bertz CT molecular complexity index is 1160. The number of carbonyl (C=O) groups is 2. The van der Waals surface area contributed by atoms with E-state index in [0.29, 0.717) is 22.8 Å². The molecule has 11 heteroatoms. The highest BCUT2D eigenvalue weighted by atomic mass is 32.1. The summed E-state index contributed by atoms with van der Waals surface area (Å²) in [6.45, 7) is 0.488. The molecule has 2 heterocycles. The summed E-state index contributed by atoms with van der Waals surface area (Å²) in [5, 5.41) is 17.1. The minimum atomic E-state index is -0.186. The van der Waals surface area contributed by atoms with Crippen molar-refractivity contribution < 1.29 is 14.3 Å². The lowest BCUT2D eigenvalue weighted by Crippen LogP contribution is -2.35. The second kappa shape index (κ2) is 10.4. The Morgan fingerprint density at radius 2 is 1.97 bits per heavy atom. The third-order valence-corrected chi connectivity index (χ3v) is 5.92. The van der Waals surface area contributed by atoms with Gasteiger partial charge in [0.2, 0.25) is 11.8 Å². The fourth-order valence-electron chi connectivity index (χ4n) is 3.93. The Balaban J connectivity index is 1.30. The second-order valence-electron chi connectivity index (χ2n) is 8.01. The van der Waals surface area contributed by atoms with Gasteiger partial charge in [-0.1, -0.05) is 12.8 Å². The van der Waals surface area contributed by atoms with Crippen LogP contribution in [0.15, 0.2) is 36.7 Å². The lowest BCUT2D eigenvalue weighted by Gasteiger charge is -2.11. The van der Waals surface area contributed by atoms with Gasteiger partial charge in [0, 0.05) is 30.8 Å². The van der Waals surface area contributed by atoms with Crippen molar-refractivity contribution in [2.45, 2.75) is 51.2 Å². The molecule has 1 fully saturated rings. The standard InChI is InChI=1S/C22H27N7O3S/c1-32-18-8-6-15(7-9-18)21-26-27-22(33)29(21)11-10-19(30)25-17-12-23-28(13-17)14-20(31)24-16-4-2-3-5-16/h6-9,12-13,16H,2-5,10-11,14H2,1H3,(H,24,31)(H,25,30)(H,27,33). The maximum absolute atomic E-state index is 12.5. The van der Waals surface area contributed by atoms with Crippen molar-refractivity contribution in [3.8, 4) is 17.1 Å². The summed E-state index contributed by atoms with van der Waals surface area (Å²) in [6, 6.07) is 7.73. The average molecular weight is 470 g/mol. The Labute approximate surface area is 196 Å². The van der Waals surface area contributed by atoms with E-state index in [-0.39, 0.29) is 30.8 Å². The number of hydrogen-bond donors (Lipinski definition) is 3. The lowest BCUT2D eigenvalue weighted by molar-refractivity contribution is -0.122. The topological polar surface area (TPSA) is 119 Å². The summed E-state index contributed by atoms with van der Waals surface area (Å²) in [5.41, 5.74) is 1.40. The van der Waals surface area contributed by atoms with Gasteiger partial charge in [0.15, 0.2) is 10.6 Å². The summed E-state index contributed by atoms with van der Waals surface area (Å²) in [4.78, 5) is 24.7. The number of hydrogen-bond acceptors (Lipinski definition) is 6. The van der Waals surface area contributed by atoms with Crippen LogP contribution in [0.3, 0.4) is 0 Å². The van der Waals surface area contributed by atoms with Crippen molar-refractivity contribution in [1.29, 1.82) is 0 Å². The zero-order valence-electron chi connectivity index (χ0n) is 18.4. The summed E-state index contributed by atoms with van der Waals surface area (Å²) < 4.78 is 8.94. The van der Waals surface area contributed by atoms with Gasteiger partial charge in [0.05, 0.1) is 19.0 Å². The number of amides is 2. The minimum absolute atomic E-state index is 0.0664. The highest BCUT2D eigenvalue weighted by Gasteiger charge is 2.17. The Kier molecular flexibility index (Phi) is 7.18. The average Bonchev–Trinajstić information content (AvgIpc) is 3.55. The number of carbonyl (C=O) groups excluding carboxylic acids is 2. The predicted octanol–water partition coefficient (Wildman–Crippen LogP) is 2.90. The first-order chi connectivity index (χ1) is 16.0. The van der Waals surface area contributed by atoms with E-state index in [4.69, 9.17) is 17.0 Å². The molecule has 0 atom stereocenters. The second-order valence-corrected chi connectivity index (χ2v) is 8.39. The molecule has 2 amide bonds. The van der Waals surface area contributed by atoms with Gasteiger partial charge < -0.3 is 15.4 Å². The molecule has 1 aliphatic rings. The molecule has 0 saturated heterocycles. The highest BCUT2D eigenvalue weighted by Crippen LogP contribution is 2.21. The summed E-state index contributed by atoms with van der Waals surface area (Å²) in [6.07, 6.45) is 7.78. The number of ether oxygens (including phenoxy) is 1. The zero-order valence-corrected chi connectivity index (χ0v) is 19.2. The Hall–Kier alpha value is -3.47. The van der Waals surface area contributed by atoms with Crippen molar-refractivity contribution in [2.75, 3.05) is 12.4 Å². The van der Waals surface area contributed by atoms with Crippen LogP contribution >= 0.6 is 12.2 Å². The van der Waals surface area contributed by atoms with Crippen molar-refractivity contribution in [2.24, 2.45) is 0 Å². The van der Waals surface area contributed by atoms with Gasteiger partial charge in [0.1, 0.15) is 12.3 Å². The molecule has 3 aromatic rings. The number of rotatable bonds is 9. The molecule has 0 radical (unpaired) electrons. The molecule has 10 nitrogen and oxygen atoms in total. The van der Waals surface area contributed by atoms with Crippen LogP contribution in [0, 0.1) is 4.77 Å². The minimum Gasteiger partial charge on any atom is -0.497 e. The van der Waals surface area contributed by atoms with E-state index in [9.17, 15) is 9.59 Å². The molecular formula is C22H27N7O3S. The molecule has 3 N–H and O–H groups in total. The van der Waals surface area contributed by atoms with Crippen LogP contribution in [0.5, 0.6) is 5.75 Å². The van der Waals surface area contributed by atoms with Gasteiger partial charge in [0.25, 0.3) is 0 Å². The largest absolute Gasteiger partial charge is 0.497 e. The first-order valence-corrected chi connectivity index (χ1v) is 11.3. The van der Waals surface area contributed by atoms with E-state index >= 15 is 0 Å². The number of nitrogens with one attached hydrogen (secondary N) is 3. The normalized spacial score (nSPS) is 13.7. The number of nitrogens with zero attached hydrogens (tertiary/aromatic N) is 4. The molecule has 0 aliphatic heterocycles. The number of methoxy groups -OCH3 is 1. The Morgan fingerprint density at radius 3 is 2.70 bits per heavy atom. The summed E-state index contributed by atoms with van der Waals surface area (Å²) in [7, 11) is 1.61. The summed E-state index contributed by atoms with van der Waals surface area (Å²) >= 11 is 5.33. The molecule has 2 aromatic heterocycles. The van der Waals surface area contributed by atoms with Crippen LogP contribution in [-0.4, -0.2) is 49.5 Å². The molecule has 33 heavy (non-hydrogen) atoms. The van der Waals surface area contributed by atoms with E-state index in [1.807, 2.05) is 24.3 Å². The molecule has 0 spiro atoms. The monoisotopic (exact) mass is 469 g/mol. The van der Waals surface area contributed by atoms with Crippen LogP contribution in [-0.2, 0) is 22.7 Å². The highest BCUT2D eigenvalue weighted by molar-refractivity contribution is 7.71. The third kappa shape index (κ3) is 5.86. The lowest BCUT2D eigenvalue weighted by atomic mass is 10.2. The van der Waals surface area contributed by atoms with Crippen LogP contribution in [0.2, 0.25) is 0 Å². The van der Waals surface area contributed by atoms with Crippen molar-refractivity contribution in [3.63, 3.8) is 0 Å². The van der Waals surface area contributed by atoms with Gasteiger partial charge >= 0.3 is 0 Å². The van der Waals surface area contributed by atoms with E-state index < -0.39 is 0 Å². The molecular weight excluding hydrogens is 442 g/mol. The number of H-pyrrole nitrogens is 1. The zero-order chi connectivity index (χ0) is 23.2. The van der Waals surface area contributed by atoms with Gasteiger partial charge in [-0.25, -0.2) is 0 Å². The molecule has 1 aromatic carbocycles. The van der Waals surface area contributed by atoms with Gasteiger partial charge in [-0.3, -0.25) is 23.9 Å². The molecule has 174 valence electrons. The molecule has 0 unspecified atom stereocenters. The first kappa shape index (κ1) is 22.7. The smallest absolute Gasteiger partial charge is 0.241 e. The van der Waals surface area contributed by atoms with Crippen molar-refractivity contribution in [1.82, 2.24) is 29.9 Å². The number of benzene rings is 1. The predicted molar refractivity (Wildman–Crippen MR) is 125 cm³/mol. The fourth-order valence-corrected chi connectivity index (χ4v) is 4.15. The Morgan fingerprint density at radius 1 is 1.21 bits per heavy atom. The van der Waals surface area contributed by atoms with E-state index in [1.54, 1.807) is 17.9 Å². The maximum Gasteiger partial charge on any atom is 0.241 e. The quantitative estimate of drug-likeness (QED) is 0.415. The van der Waals surface area contributed by atoms with Gasteiger partial charge in [-0.2, -0.15) is 10.2 Å². The number of anilines is 1. The molecule has 0 bridgehead atoms. The van der Waals surface area contributed by atoms with Crippen molar-refractivity contribution in [3.05, 3.63) is 41.4 Å². The molecule has 4 rings (SSSR count). The molecule has 1 aliphatic carbocycles. The van der Waals surface area contributed by atoms with Crippen LogP contribution < -0.4 is 15.4 Å². The van der Waals surface area contributed by atoms with E-state index in [1.165, 1.54) is 10.9 Å². The van der Waals surface area contributed by atoms with Gasteiger partial charge in [-0.15, -0.1) is 0 Å². The van der Waals surface area contributed by atoms with Gasteiger partial charge in [-0.05, 0) is 49.3 Å². The maximum atomic E-state index is 12.5. The number of aromatic nitrogens is 5. The van der Waals surface area contributed by atoms with Crippen LogP contribution in [0.1, 0.15) is 32.1 Å².